The van der Waals surface area contributed by atoms with Gasteiger partial charge < -0.3 is 10.8 Å². The average Bonchev–Trinajstić information content (AvgIpc) is 2.46. The molecule has 0 spiro atoms. The van der Waals surface area contributed by atoms with Crippen molar-refractivity contribution < 1.29 is 18.3 Å². The highest BCUT2D eigenvalue weighted by atomic mass is 35.5. The fourth-order valence-corrected chi connectivity index (χ4v) is 2.42. The lowest BCUT2D eigenvalue weighted by Gasteiger charge is -2.21. The van der Waals surface area contributed by atoms with E-state index in [4.69, 9.17) is 17.3 Å². The summed E-state index contributed by atoms with van der Waals surface area (Å²) in [5, 5.41) is 10.1. The van der Waals surface area contributed by atoms with Crippen LogP contribution in [-0.2, 0) is 12.6 Å². The molecule has 7 heteroatoms. The Hall–Kier alpha value is -1.27. The fraction of sp³-hybridized carbons (Fsp3) is 0.250. The maximum absolute atomic E-state index is 12.8. The number of hydrogen-bond acceptors (Lipinski definition) is 2. The van der Waals surface area contributed by atoms with Gasteiger partial charge in [-0.1, -0.05) is 41.9 Å². The third-order valence-corrected chi connectivity index (χ3v) is 3.55. The van der Waals surface area contributed by atoms with E-state index in [9.17, 15) is 18.3 Å². The molecular weight excluding hydrogens is 350 g/mol. The van der Waals surface area contributed by atoms with E-state index in [1.165, 1.54) is 6.07 Å². The van der Waals surface area contributed by atoms with E-state index < -0.39 is 23.9 Å². The van der Waals surface area contributed by atoms with Crippen LogP contribution >= 0.6 is 24.0 Å². The molecule has 0 aromatic heterocycles. The second-order valence-corrected chi connectivity index (χ2v) is 5.49. The Labute approximate surface area is 143 Å². The lowest BCUT2D eigenvalue weighted by atomic mass is 9.95. The van der Waals surface area contributed by atoms with Crippen LogP contribution in [0, 0.1) is 0 Å². The first-order valence-corrected chi connectivity index (χ1v) is 7.00. The zero-order valence-corrected chi connectivity index (χ0v) is 13.5. The van der Waals surface area contributed by atoms with Crippen LogP contribution < -0.4 is 5.73 Å². The van der Waals surface area contributed by atoms with Crippen molar-refractivity contribution in [1.29, 1.82) is 0 Å². The third kappa shape index (κ3) is 5.39. The van der Waals surface area contributed by atoms with Gasteiger partial charge in [-0.3, -0.25) is 0 Å². The summed E-state index contributed by atoms with van der Waals surface area (Å²) in [7, 11) is 0. The van der Waals surface area contributed by atoms with E-state index in [-0.39, 0.29) is 29.4 Å². The van der Waals surface area contributed by atoms with Crippen LogP contribution in [0.1, 0.15) is 22.7 Å². The highest BCUT2D eigenvalue weighted by Crippen LogP contribution is 2.33. The molecule has 0 bridgehead atoms. The van der Waals surface area contributed by atoms with Gasteiger partial charge in [-0.25, -0.2) is 0 Å². The maximum atomic E-state index is 12.8. The van der Waals surface area contributed by atoms with Crippen molar-refractivity contribution in [1.82, 2.24) is 0 Å². The summed E-state index contributed by atoms with van der Waals surface area (Å²) in [5.74, 6) is 0. The van der Waals surface area contributed by atoms with Crippen molar-refractivity contribution in [2.24, 2.45) is 5.73 Å². The summed E-state index contributed by atoms with van der Waals surface area (Å²) >= 11 is 5.73. The minimum atomic E-state index is -4.51. The van der Waals surface area contributed by atoms with E-state index in [1.807, 2.05) is 30.3 Å². The highest BCUT2D eigenvalue weighted by Gasteiger charge is 2.32. The Morgan fingerprint density at radius 1 is 1.09 bits per heavy atom. The minimum Gasteiger partial charge on any atom is -0.391 e. The zero-order chi connectivity index (χ0) is 16.3. The summed E-state index contributed by atoms with van der Waals surface area (Å²) in [6.45, 7) is 0. The number of alkyl halides is 3. The Bertz CT molecular complexity index is 635. The smallest absolute Gasteiger partial charge is 0.391 e. The second-order valence-electron chi connectivity index (χ2n) is 5.05. The summed E-state index contributed by atoms with van der Waals surface area (Å²) < 4.78 is 38.4. The number of benzene rings is 2. The molecule has 0 amide bonds. The monoisotopic (exact) mass is 365 g/mol. The first-order valence-electron chi connectivity index (χ1n) is 6.62. The topological polar surface area (TPSA) is 46.2 Å². The van der Waals surface area contributed by atoms with Crippen LogP contribution in [0.4, 0.5) is 13.2 Å². The van der Waals surface area contributed by atoms with Crippen LogP contribution in [0.15, 0.2) is 48.5 Å². The molecular formula is C16H16Cl2F3NO. The minimum absolute atomic E-state index is 0. The molecule has 0 radical (unpaired) electrons. The Morgan fingerprint density at radius 3 is 2.26 bits per heavy atom. The van der Waals surface area contributed by atoms with Gasteiger partial charge in [-0.15, -0.1) is 12.4 Å². The number of rotatable bonds is 4. The lowest BCUT2D eigenvalue weighted by Crippen LogP contribution is -2.28. The molecule has 2 nitrogen and oxygen atoms in total. The predicted molar refractivity (Wildman–Crippen MR) is 86.8 cm³/mol. The predicted octanol–water partition coefficient (Wildman–Crippen LogP) is 4.38. The van der Waals surface area contributed by atoms with Gasteiger partial charge in [-0.2, -0.15) is 13.2 Å². The van der Waals surface area contributed by atoms with Crippen LogP contribution in [0.25, 0.3) is 0 Å². The number of aliphatic hydroxyl groups excluding tert-OH is 1. The number of aliphatic hydroxyl groups is 1. The number of nitrogens with two attached hydrogens (primary N) is 1. The molecule has 0 aliphatic heterocycles. The van der Waals surface area contributed by atoms with Gasteiger partial charge in [0, 0.05) is 11.4 Å². The van der Waals surface area contributed by atoms with Crippen molar-refractivity contribution in [3.8, 4) is 0 Å². The van der Waals surface area contributed by atoms with Gasteiger partial charge in [0.1, 0.15) is 0 Å². The zero-order valence-electron chi connectivity index (χ0n) is 11.9. The second kappa shape index (κ2) is 8.02. The van der Waals surface area contributed by atoms with Crippen LogP contribution in [-0.4, -0.2) is 11.2 Å². The van der Waals surface area contributed by atoms with Gasteiger partial charge in [0.15, 0.2) is 0 Å². The summed E-state index contributed by atoms with van der Waals surface area (Å²) in [6, 6.07) is 11.2. The first-order chi connectivity index (χ1) is 10.3. The van der Waals surface area contributed by atoms with Gasteiger partial charge in [0.2, 0.25) is 0 Å². The van der Waals surface area contributed by atoms with Gasteiger partial charge >= 0.3 is 6.18 Å². The number of halogens is 5. The molecule has 2 atom stereocenters. The molecule has 2 aromatic carbocycles. The Balaban J connectivity index is 0.00000264. The standard InChI is InChI=1S/C16H15ClF3NO.ClH/c17-13-8-11(7-12(9-13)16(18,19)20)15(21)14(22)6-10-4-2-1-3-5-10;/h1-5,7-9,14-15,22H,6,21H2;1H/t14-,15+;/m0./s1. The Kier molecular flexibility index (Phi) is 6.89. The molecule has 2 aromatic rings. The quantitative estimate of drug-likeness (QED) is 0.844. The molecule has 23 heavy (non-hydrogen) atoms. The van der Waals surface area contributed by atoms with Gasteiger partial charge in [0.05, 0.1) is 17.7 Å². The summed E-state index contributed by atoms with van der Waals surface area (Å²) in [4.78, 5) is 0. The van der Waals surface area contributed by atoms with Gasteiger partial charge in [0.25, 0.3) is 0 Å². The van der Waals surface area contributed by atoms with Crippen molar-refractivity contribution in [3.05, 3.63) is 70.2 Å². The number of hydrogen-bond donors (Lipinski definition) is 2. The van der Waals surface area contributed by atoms with Crippen molar-refractivity contribution in [2.45, 2.75) is 24.7 Å². The largest absolute Gasteiger partial charge is 0.416 e. The molecule has 2 rings (SSSR count). The normalized spacial score (nSPS) is 14.0. The highest BCUT2D eigenvalue weighted by molar-refractivity contribution is 6.30. The molecule has 126 valence electrons. The van der Waals surface area contributed by atoms with Crippen molar-refractivity contribution in [2.75, 3.05) is 0 Å². The SMILES string of the molecule is Cl.N[C@H](c1cc(Cl)cc(C(F)(F)F)c1)[C@@H](O)Cc1ccccc1. The molecule has 0 unspecified atom stereocenters. The van der Waals surface area contributed by atoms with Crippen molar-refractivity contribution in [3.63, 3.8) is 0 Å². The van der Waals surface area contributed by atoms with Crippen LogP contribution in [0.3, 0.4) is 0 Å². The van der Waals surface area contributed by atoms with Crippen LogP contribution in [0.5, 0.6) is 0 Å². The molecule has 0 heterocycles. The van der Waals surface area contributed by atoms with E-state index in [2.05, 4.69) is 0 Å². The van der Waals surface area contributed by atoms with Gasteiger partial charge in [-0.05, 0) is 29.3 Å². The molecule has 0 fully saturated rings. The fourth-order valence-electron chi connectivity index (χ4n) is 2.17. The molecule has 0 saturated carbocycles. The molecule has 0 aliphatic carbocycles. The van der Waals surface area contributed by atoms with Crippen molar-refractivity contribution >= 4 is 24.0 Å². The average molecular weight is 366 g/mol. The third-order valence-electron chi connectivity index (χ3n) is 3.33. The molecule has 0 saturated heterocycles. The summed E-state index contributed by atoms with van der Waals surface area (Å²) in [6.07, 6.45) is -5.28. The summed E-state index contributed by atoms with van der Waals surface area (Å²) in [5.41, 5.74) is 6.02. The van der Waals surface area contributed by atoms with E-state index in [0.29, 0.717) is 0 Å². The first kappa shape index (κ1) is 19.8. The molecule has 3 N–H and O–H groups in total. The maximum Gasteiger partial charge on any atom is 0.416 e. The van der Waals surface area contributed by atoms with E-state index in [1.54, 1.807) is 0 Å². The lowest BCUT2D eigenvalue weighted by molar-refractivity contribution is -0.137. The molecule has 0 aliphatic rings. The van der Waals surface area contributed by atoms with E-state index >= 15 is 0 Å². The Morgan fingerprint density at radius 2 is 1.70 bits per heavy atom. The van der Waals surface area contributed by atoms with Crippen LogP contribution in [0.2, 0.25) is 5.02 Å². The van der Waals surface area contributed by atoms with E-state index in [0.717, 1.165) is 17.7 Å².